The van der Waals surface area contributed by atoms with Gasteiger partial charge in [-0.2, -0.15) is 4.39 Å². The molecule has 180 valence electrons. The molecular weight excluding hydrogens is 453 g/mol. The summed E-state index contributed by atoms with van der Waals surface area (Å²) in [6.45, 7) is 0.781. The third kappa shape index (κ3) is 6.34. The zero-order chi connectivity index (χ0) is 23.3. The van der Waals surface area contributed by atoms with Crippen LogP contribution in [0, 0.1) is 0 Å². The molecule has 1 atom stereocenters. The number of sulfonamides is 1. The van der Waals surface area contributed by atoms with E-state index < -0.39 is 16.0 Å². The first-order valence-electron chi connectivity index (χ1n) is 10.7. The van der Waals surface area contributed by atoms with Crippen molar-refractivity contribution in [1.82, 2.24) is 9.71 Å². The first-order valence-corrected chi connectivity index (χ1v) is 12.4. The monoisotopic (exact) mass is 483 g/mol. The molecule has 1 N–H and O–H groups in total. The third-order valence-corrected chi connectivity index (χ3v) is 7.02. The average Bonchev–Trinajstić information content (AvgIpc) is 3.21. The number of benzene rings is 2. The minimum atomic E-state index is -3.44. The van der Waals surface area contributed by atoms with E-state index in [1.165, 1.54) is 7.11 Å². The number of aromatic nitrogens is 1. The van der Waals surface area contributed by atoms with Crippen molar-refractivity contribution >= 4 is 16.0 Å². The minimum absolute atomic E-state index is 0. The molecule has 1 aromatic heterocycles. The van der Waals surface area contributed by atoms with Gasteiger partial charge in [0.25, 0.3) is 0 Å². The molecule has 0 saturated carbocycles. The maximum absolute atomic E-state index is 14.0. The lowest BCUT2D eigenvalue weighted by Gasteiger charge is -2.19. The summed E-state index contributed by atoms with van der Waals surface area (Å²) < 4.78 is 46.2. The van der Waals surface area contributed by atoms with Crippen molar-refractivity contribution in [2.45, 2.75) is 26.3 Å². The third-order valence-electron chi connectivity index (χ3n) is 5.71. The Morgan fingerprint density at radius 1 is 1.09 bits per heavy atom. The zero-order valence-electron chi connectivity index (χ0n) is 18.4. The summed E-state index contributed by atoms with van der Waals surface area (Å²) in [7, 11) is -1.96. The number of ether oxygens (including phenoxy) is 1. The highest BCUT2D eigenvalue weighted by atomic mass is 32.2. The highest BCUT2D eigenvalue weighted by molar-refractivity contribution is 7.89. The second-order valence-electron chi connectivity index (χ2n) is 8.03. The molecule has 6 nitrogen and oxygen atoms in total. The fourth-order valence-corrected chi connectivity index (χ4v) is 4.88. The highest BCUT2D eigenvalue weighted by Gasteiger charge is 2.19. The molecule has 0 unspecified atom stereocenters. The first-order chi connectivity index (χ1) is 15.9. The van der Waals surface area contributed by atoms with Crippen LogP contribution in [0.4, 0.5) is 4.39 Å². The molecule has 8 heteroatoms. The zero-order valence-corrected chi connectivity index (χ0v) is 19.2. The van der Waals surface area contributed by atoms with Gasteiger partial charge in [-0.25, -0.2) is 13.1 Å². The summed E-state index contributed by atoms with van der Waals surface area (Å²) in [4.78, 5) is 8.25. The predicted molar refractivity (Wildman–Crippen MR) is 134 cm³/mol. The topological polar surface area (TPSA) is 80.7 Å². The van der Waals surface area contributed by atoms with Gasteiger partial charge in [-0.1, -0.05) is 49.9 Å². The molecule has 0 amide bonds. The van der Waals surface area contributed by atoms with Crippen molar-refractivity contribution in [2.75, 3.05) is 26.0 Å². The molecule has 0 spiro atoms. The van der Waals surface area contributed by atoms with Gasteiger partial charge in [0.15, 0.2) is 0 Å². The number of methoxy groups -OCH3 is 1. The van der Waals surface area contributed by atoms with Gasteiger partial charge in [0.2, 0.25) is 16.0 Å². The van der Waals surface area contributed by atoms with Gasteiger partial charge >= 0.3 is 0 Å². The van der Waals surface area contributed by atoms with Crippen LogP contribution in [0.2, 0.25) is 0 Å². The van der Waals surface area contributed by atoms with Gasteiger partial charge in [0, 0.05) is 43.1 Å². The number of hydrogen-bond donors (Lipinski definition) is 1. The molecule has 4 rings (SSSR count). The SMILES string of the molecule is C.COCCS(=O)(=O)NC[C@H](Cc1cncc(-c2ccc3c(c2)C(F)=NC3)c1)c1ccccc1. The molecule has 0 bridgehead atoms. The van der Waals surface area contributed by atoms with Gasteiger partial charge in [-0.15, -0.1) is 0 Å². The van der Waals surface area contributed by atoms with Crippen LogP contribution < -0.4 is 4.72 Å². The number of pyridine rings is 1. The van der Waals surface area contributed by atoms with Gasteiger partial charge in [0.05, 0.1) is 18.9 Å². The molecular formula is C26H30FN3O3S. The standard InChI is InChI=1S/C25H26FN3O3S.CH4/c1-32-9-10-33(30,31)29-17-23(19-5-3-2-4-6-19)12-18-11-22(15-27-14-18)20-7-8-21-16-28-25(26)24(21)13-20;/h2-8,11,13-15,23,29H,9-10,12,16-17H2,1H3;1H4/t23-;/m0./s1. The summed E-state index contributed by atoms with van der Waals surface area (Å²) in [6.07, 6.45) is 4.13. The van der Waals surface area contributed by atoms with E-state index in [0.717, 1.165) is 27.8 Å². The lowest BCUT2D eigenvalue weighted by Crippen LogP contribution is -2.32. The van der Waals surface area contributed by atoms with E-state index in [9.17, 15) is 12.8 Å². The maximum atomic E-state index is 14.0. The van der Waals surface area contributed by atoms with E-state index in [1.807, 2.05) is 48.5 Å². The smallest absolute Gasteiger partial charge is 0.216 e. The van der Waals surface area contributed by atoms with Gasteiger partial charge in [-0.05, 0) is 40.8 Å². The van der Waals surface area contributed by atoms with E-state index in [4.69, 9.17) is 4.74 Å². The summed E-state index contributed by atoms with van der Waals surface area (Å²) in [6, 6.07) is 17.5. The highest BCUT2D eigenvalue weighted by Crippen LogP contribution is 2.28. The van der Waals surface area contributed by atoms with E-state index in [2.05, 4.69) is 14.7 Å². The summed E-state index contributed by atoms with van der Waals surface area (Å²) in [5.41, 5.74) is 5.16. The molecule has 0 radical (unpaired) electrons. The molecule has 0 saturated heterocycles. The lowest BCUT2D eigenvalue weighted by atomic mass is 9.91. The van der Waals surface area contributed by atoms with Gasteiger partial charge < -0.3 is 4.74 Å². The number of aliphatic imine (C=N–C) groups is 1. The van der Waals surface area contributed by atoms with Gasteiger partial charge in [-0.3, -0.25) is 9.98 Å². The van der Waals surface area contributed by atoms with E-state index >= 15 is 0 Å². The van der Waals surface area contributed by atoms with Crippen molar-refractivity contribution in [3.05, 3.63) is 89.2 Å². The van der Waals surface area contributed by atoms with Crippen LogP contribution in [0.25, 0.3) is 11.1 Å². The Labute approximate surface area is 201 Å². The second kappa shape index (κ2) is 11.5. The number of fused-ring (bicyclic) bond motifs is 1. The Kier molecular flexibility index (Phi) is 8.66. The Hall–Kier alpha value is -2.94. The number of hydrogen-bond acceptors (Lipinski definition) is 5. The molecule has 0 aliphatic carbocycles. The first kappa shape index (κ1) is 25.7. The molecule has 2 heterocycles. The van der Waals surface area contributed by atoms with Crippen LogP contribution >= 0.6 is 0 Å². The summed E-state index contributed by atoms with van der Waals surface area (Å²) in [5.74, 6) is -0.591. The van der Waals surface area contributed by atoms with Gasteiger partial charge in [0.1, 0.15) is 0 Å². The molecule has 0 fully saturated rings. The number of nitrogens with zero attached hydrogens (tertiary/aromatic N) is 2. The number of nitrogens with one attached hydrogen (secondary N) is 1. The Balaban J connectivity index is 0.00000324. The second-order valence-corrected chi connectivity index (χ2v) is 9.96. The van der Waals surface area contributed by atoms with Crippen molar-refractivity contribution < 1.29 is 17.5 Å². The van der Waals surface area contributed by atoms with Crippen LogP contribution in [0.1, 0.15) is 35.6 Å². The fourth-order valence-electron chi connectivity index (χ4n) is 3.89. The van der Waals surface area contributed by atoms with Crippen molar-refractivity contribution in [1.29, 1.82) is 0 Å². The fraction of sp³-hybridized carbons (Fsp3) is 0.308. The normalized spacial score (nSPS) is 13.6. The number of rotatable bonds is 10. The van der Waals surface area contributed by atoms with E-state index in [-0.39, 0.29) is 32.2 Å². The Morgan fingerprint density at radius 2 is 1.88 bits per heavy atom. The van der Waals surface area contributed by atoms with E-state index in [1.54, 1.807) is 18.5 Å². The molecule has 2 aromatic carbocycles. The van der Waals surface area contributed by atoms with Crippen molar-refractivity contribution in [3.63, 3.8) is 0 Å². The summed E-state index contributed by atoms with van der Waals surface area (Å²) in [5, 5.41) is 0. The molecule has 1 aliphatic rings. The Morgan fingerprint density at radius 3 is 2.65 bits per heavy atom. The van der Waals surface area contributed by atoms with Crippen molar-refractivity contribution in [2.24, 2.45) is 4.99 Å². The van der Waals surface area contributed by atoms with Crippen LogP contribution in [0.5, 0.6) is 0 Å². The molecule has 1 aliphatic heterocycles. The van der Waals surface area contributed by atoms with Crippen molar-refractivity contribution in [3.8, 4) is 11.1 Å². The summed E-state index contributed by atoms with van der Waals surface area (Å²) >= 11 is 0. The van der Waals surface area contributed by atoms with Crippen LogP contribution in [-0.2, 0) is 27.7 Å². The maximum Gasteiger partial charge on any atom is 0.216 e. The van der Waals surface area contributed by atoms with Crippen LogP contribution in [0.15, 0.2) is 72.0 Å². The van der Waals surface area contributed by atoms with Crippen LogP contribution in [-0.4, -0.2) is 45.4 Å². The van der Waals surface area contributed by atoms with E-state index in [0.29, 0.717) is 18.5 Å². The Bertz CT molecular complexity index is 1250. The minimum Gasteiger partial charge on any atom is -0.384 e. The van der Waals surface area contributed by atoms with Crippen LogP contribution in [0.3, 0.4) is 0 Å². The predicted octanol–water partition coefficient (Wildman–Crippen LogP) is 4.51. The lowest BCUT2D eigenvalue weighted by molar-refractivity contribution is 0.217. The number of halogens is 1. The quantitative estimate of drug-likeness (QED) is 0.460. The molecule has 34 heavy (non-hydrogen) atoms. The molecule has 3 aromatic rings. The largest absolute Gasteiger partial charge is 0.384 e. The average molecular weight is 484 g/mol.